The lowest BCUT2D eigenvalue weighted by atomic mass is 9.88. The smallest absolute Gasteiger partial charge is 0.185 e. The average Bonchev–Trinajstić information content (AvgIpc) is 3.46. The third-order valence-electron chi connectivity index (χ3n) is 5.58. The van der Waals surface area contributed by atoms with Gasteiger partial charge in [0.2, 0.25) is 0 Å². The van der Waals surface area contributed by atoms with E-state index in [2.05, 4.69) is 0 Å². The number of hydrogen-bond acceptors (Lipinski definition) is 3. The molecule has 3 nitrogen and oxygen atoms in total. The van der Waals surface area contributed by atoms with Crippen LogP contribution in [0.25, 0.3) is 34.8 Å². The summed E-state index contributed by atoms with van der Waals surface area (Å²) in [6, 6.07) is 22.5. The van der Waals surface area contributed by atoms with E-state index in [1.807, 2.05) is 84.9 Å². The molecule has 1 saturated carbocycles. The van der Waals surface area contributed by atoms with E-state index in [0.717, 1.165) is 41.5 Å². The molecule has 4 aromatic rings. The van der Waals surface area contributed by atoms with Gasteiger partial charge in [-0.1, -0.05) is 47.5 Å². The molecule has 1 aliphatic rings. The number of allylic oxidation sites excluding steroid dienone is 2. The van der Waals surface area contributed by atoms with Crippen LogP contribution in [-0.4, -0.2) is 5.78 Å². The van der Waals surface area contributed by atoms with Crippen molar-refractivity contribution in [2.45, 2.75) is 19.3 Å². The van der Waals surface area contributed by atoms with E-state index in [0.29, 0.717) is 33.1 Å². The van der Waals surface area contributed by atoms with Crippen LogP contribution in [0.5, 0.6) is 0 Å². The second-order valence-corrected chi connectivity index (χ2v) is 8.82. The Hall–Kier alpha value is -3.27. The van der Waals surface area contributed by atoms with Crippen molar-refractivity contribution in [2.24, 2.45) is 0 Å². The fraction of sp³-hybridized carbons (Fsp3) is 0.107. The van der Waals surface area contributed by atoms with E-state index >= 15 is 0 Å². The Balaban J connectivity index is 1.37. The van der Waals surface area contributed by atoms with Crippen LogP contribution in [0.1, 0.15) is 30.8 Å². The van der Waals surface area contributed by atoms with Gasteiger partial charge in [0.25, 0.3) is 0 Å². The summed E-state index contributed by atoms with van der Waals surface area (Å²) in [6.45, 7) is 0. The first-order valence-electron chi connectivity index (χ1n) is 10.7. The minimum Gasteiger partial charge on any atom is -0.457 e. The van der Waals surface area contributed by atoms with Crippen LogP contribution in [0.15, 0.2) is 92.8 Å². The molecule has 164 valence electrons. The fourth-order valence-corrected chi connectivity index (χ4v) is 4.36. The molecule has 2 heterocycles. The molecule has 2 aromatic carbocycles. The number of carbonyl (C=O) groups excluding carboxylic acids is 1. The minimum atomic E-state index is 0.0302. The Morgan fingerprint density at radius 3 is 1.61 bits per heavy atom. The summed E-state index contributed by atoms with van der Waals surface area (Å²) >= 11 is 12.2. The van der Waals surface area contributed by atoms with Crippen LogP contribution >= 0.6 is 23.2 Å². The number of ketones is 1. The maximum Gasteiger partial charge on any atom is 0.185 e. The lowest BCUT2D eigenvalue weighted by Gasteiger charge is -2.15. The van der Waals surface area contributed by atoms with E-state index in [4.69, 9.17) is 32.0 Å². The Labute approximate surface area is 201 Å². The zero-order valence-corrected chi connectivity index (χ0v) is 19.2. The van der Waals surface area contributed by atoms with Gasteiger partial charge in [0.05, 0.1) is 0 Å². The number of Topliss-reactive ketones (excluding diaryl/α,β-unsaturated/α-hetero) is 1. The Bertz CT molecular complexity index is 1280. The maximum atomic E-state index is 13.1. The first-order chi connectivity index (χ1) is 16.0. The fourth-order valence-electron chi connectivity index (χ4n) is 3.98. The maximum absolute atomic E-state index is 13.1. The van der Waals surface area contributed by atoms with E-state index in [9.17, 15) is 4.79 Å². The van der Waals surface area contributed by atoms with Crippen molar-refractivity contribution in [1.82, 2.24) is 0 Å². The van der Waals surface area contributed by atoms with Crippen LogP contribution in [0, 0.1) is 0 Å². The van der Waals surface area contributed by atoms with Crippen molar-refractivity contribution in [2.75, 3.05) is 0 Å². The van der Waals surface area contributed by atoms with Crippen LogP contribution in [0.3, 0.4) is 0 Å². The van der Waals surface area contributed by atoms with Crippen molar-refractivity contribution < 1.29 is 13.6 Å². The molecule has 0 bridgehead atoms. The molecule has 1 fully saturated rings. The monoisotopic (exact) mass is 474 g/mol. The summed E-state index contributed by atoms with van der Waals surface area (Å²) in [6.07, 6.45) is 6.00. The summed E-state index contributed by atoms with van der Waals surface area (Å²) in [5.41, 5.74) is 3.27. The topological polar surface area (TPSA) is 43.4 Å². The molecule has 0 saturated heterocycles. The molecule has 0 aliphatic heterocycles. The molecule has 0 radical (unpaired) electrons. The highest BCUT2D eigenvalue weighted by molar-refractivity contribution is 6.31. The summed E-state index contributed by atoms with van der Waals surface area (Å²) in [4.78, 5) is 13.1. The van der Waals surface area contributed by atoms with Crippen LogP contribution in [0.4, 0.5) is 0 Å². The molecule has 0 unspecified atom stereocenters. The van der Waals surface area contributed by atoms with Crippen LogP contribution in [0.2, 0.25) is 10.0 Å². The number of halogens is 2. The summed E-state index contributed by atoms with van der Waals surface area (Å²) in [5, 5.41) is 1.30. The predicted molar refractivity (Wildman–Crippen MR) is 133 cm³/mol. The van der Waals surface area contributed by atoms with Gasteiger partial charge in [-0.2, -0.15) is 0 Å². The highest BCUT2D eigenvalue weighted by Crippen LogP contribution is 2.32. The lowest BCUT2D eigenvalue weighted by molar-refractivity contribution is -0.112. The Morgan fingerprint density at radius 1 is 0.667 bits per heavy atom. The molecule has 0 N–H and O–H groups in total. The van der Waals surface area contributed by atoms with Gasteiger partial charge < -0.3 is 8.83 Å². The second kappa shape index (κ2) is 9.30. The number of benzene rings is 2. The quantitative estimate of drug-likeness (QED) is 0.277. The van der Waals surface area contributed by atoms with Gasteiger partial charge in [-0.15, -0.1) is 0 Å². The normalized spacial score (nSPS) is 16.6. The average molecular weight is 475 g/mol. The van der Waals surface area contributed by atoms with Crippen molar-refractivity contribution in [3.05, 3.63) is 106 Å². The lowest BCUT2D eigenvalue weighted by Crippen LogP contribution is -2.12. The first kappa shape index (κ1) is 21.6. The molecule has 0 atom stereocenters. The highest BCUT2D eigenvalue weighted by atomic mass is 35.5. The predicted octanol–water partition coefficient (Wildman–Crippen LogP) is 8.73. The SMILES string of the molecule is O=C1/C(=C\c2ccc(-c3cccc(Cl)c3)o2)CCC/C1=C\c1ccc(-c2cccc(Cl)c2)o1. The zero-order valence-electron chi connectivity index (χ0n) is 17.7. The molecule has 2 aromatic heterocycles. The zero-order chi connectivity index (χ0) is 22.8. The van der Waals surface area contributed by atoms with Gasteiger partial charge >= 0.3 is 0 Å². The molecule has 1 aliphatic carbocycles. The van der Waals surface area contributed by atoms with Crippen LogP contribution < -0.4 is 0 Å². The first-order valence-corrected chi connectivity index (χ1v) is 11.5. The van der Waals surface area contributed by atoms with E-state index in [1.54, 1.807) is 0 Å². The van der Waals surface area contributed by atoms with Gasteiger partial charge in [-0.3, -0.25) is 4.79 Å². The third kappa shape index (κ3) is 4.90. The number of hydrogen-bond donors (Lipinski definition) is 0. The van der Waals surface area contributed by atoms with Crippen molar-refractivity contribution in [1.29, 1.82) is 0 Å². The number of carbonyl (C=O) groups is 1. The van der Waals surface area contributed by atoms with Crippen molar-refractivity contribution in [3.8, 4) is 22.6 Å². The van der Waals surface area contributed by atoms with Crippen molar-refractivity contribution in [3.63, 3.8) is 0 Å². The molecular weight excluding hydrogens is 455 g/mol. The van der Waals surface area contributed by atoms with E-state index in [-0.39, 0.29) is 5.78 Å². The summed E-state index contributed by atoms with van der Waals surface area (Å²) in [7, 11) is 0. The number of rotatable bonds is 4. The molecule has 0 amide bonds. The second-order valence-electron chi connectivity index (χ2n) is 7.95. The minimum absolute atomic E-state index is 0.0302. The molecular formula is C28H20Cl2O3. The summed E-state index contributed by atoms with van der Waals surface area (Å²) in [5.74, 6) is 2.76. The van der Waals surface area contributed by atoms with Crippen molar-refractivity contribution >= 4 is 41.1 Å². The van der Waals surface area contributed by atoms with Crippen LogP contribution in [-0.2, 0) is 4.79 Å². The van der Waals surface area contributed by atoms with Gasteiger partial charge in [-0.05, 0) is 79.9 Å². The third-order valence-corrected chi connectivity index (χ3v) is 6.05. The molecule has 0 spiro atoms. The van der Waals surface area contributed by atoms with Gasteiger partial charge in [0.15, 0.2) is 5.78 Å². The van der Waals surface area contributed by atoms with E-state index in [1.165, 1.54) is 0 Å². The largest absolute Gasteiger partial charge is 0.457 e. The van der Waals surface area contributed by atoms with Gasteiger partial charge in [0, 0.05) is 32.3 Å². The van der Waals surface area contributed by atoms with E-state index < -0.39 is 0 Å². The Morgan fingerprint density at radius 2 is 1.15 bits per heavy atom. The molecule has 5 rings (SSSR count). The standard InChI is InChI=1S/C28H20Cl2O3/c29-22-8-2-4-18(14-22)26-12-10-24(32-26)16-20-6-1-7-21(28(20)31)17-25-11-13-27(33-25)19-5-3-9-23(30)15-19/h2-5,8-17H,1,6-7H2/b20-16-,21-17+. The van der Waals surface area contributed by atoms with Gasteiger partial charge in [0.1, 0.15) is 23.0 Å². The number of furan rings is 2. The molecule has 33 heavy (non-hydrogen) atoms. The molecule has 5 heteroatoms. The highest BCUT2D eigenvalue weighted by Gasteiger charge is 2.21. The Kier molecular flexibility index (Phi) is 6.08. The van der Waals surface area contributed by atoms with Gasteiger partial charge in [-0.25, -0.2) is 0 Å². The summed E-state index contributed by atoms with van der Waals surface area (Å²) < 4.78 is 11.9.